The van der Waals surface area contributed by atoms with Crippen molar-refractivity contribution >= 4 is 34.2 Å². The van der Waals surface area contributed by atoms with Crippen LogP contribution >= 0.6 is 0 Å². The predicted octanol–water partition coefficient (Wildman–Crippen LogP) is 3.60. The second-order valence-electron chi connectivity index (χ2n) is 18.6. The summed E-state index contributed by atoms with van der Waals surface area (Å²) in [6, 6.07) is 21.1. The summed E-state index contributed by atoms with van der Waals surface area (Å²) in [6.07, 6.45) is 2.53. The van der Waals surface area contributed by atoms with E-state index < -0.39 is 27.7 Å². The SMILES string of the molecule is CCOC(=O)CC1(C(=O)OCC)CCN(CC2CN(CCCN3CCN(Cc4ccccc4)CC3)C(=O)O2)CC1.CS(=O)(=O)OCC1CN(CCCN2CCN(Cc3ccccc3)CC2)C(=O)O1. The Hall–Kier alpha value is -4.37. The normalized spacial score (nSPS) is 22.0. The van der Waals surface area contributed by atoms with Crippen LogP contribution in [0.5, 0.6) is 0 Å². The molecule has 2 unspecified atom stereocenters. The number of carbonyl (C=O) groups excluding carboxylic acids is 4. The van der Waals surface area contributed by atoms with Gasteiger partial charge in [0, 0.05) is 85.1 Å². The van der Waals surface area contributed by atoms with Gasteiger partial charge in [-0.1, -0.05) is 60.7 Å². The fourth-order valence-electron chi connectivity index (χ4n) is 9.57. The van der Waals surface area contributed by atoms with E-state index in [1.807, 2.05) is 11.0 Å². The molecule has 0 bridgehead atoms. The highest BCUT2D eigenvalue weighted by molar-refractivity contribution is 7.85. The van der Waals surface area contributed by atoms with E-state index in [0.717, 1.165) is 97.6 Å². The van der Waals surface area contributed by atoms with E-state index in [2.05, 4.69) is 79.1 Å². The molecule has 5 aliphatic heterocycles. The third kappa shape index (κ3) is 17.2. The van der Waals surface area contributed by atoms with Gasteiger partial charge in [-0.05, 0) is 76.8 Å². The topological polar surface area (TPSA) is 171 Å². The summed E-state index contributed by atoms with van der Waals surface area (Å²) in [5, 5.41) is 0. The smallest absolute Gasteiger partial charge is 0.410 e. The van der Waals surface area contributed by atoms with E-state index in [1.54, 1.807) is 18.7 Å². The Balaban J connectivity index is 0.000000238. The van der Waals surface area contributed by atoms with Gasteiger partial charge in [0.2, 0.25) is 0 Å². The third-order valence-electron chi connectivity index (χ3n) is 13.4. The van der Waals surface area contributed by atoms with Crippen molar-refractivity contribution in [3.05, 3.63) is 71.8 Å². The molecule has 5 fully saturated rings. The number of carbonyl (C=O) groups is 4. The minimum atomic E-state index is -3.52. The fraction of sp³-hybridized carbons (Fsp3) is 0.673. The molecule has 2 atom stereocenters. The Morgan fingerprint density at radius 3 is 1.54 bits per heavy atom. The van der Waals surface area contributed by atoms with Crippen LogP contribution in [0, 0.1) is 5.41 Å². The molecule has 0 N–H and O–H groups in total. The number of amides is 2. The first-order chi connectivity index (χ1) is 32.8. The van der Waals surface area contributed by atoms with E-state index in [4.69, 9.17) is 23.1 Å². The van der Waals surface area contributed by atoms with Crippen LogP contribution in [0.25, 0.3) is 0 Å². The Morgan fingerprint density at radius 2 is 1.07 bits per heavy atom. The van der Waals surface area contributed by atoms with Crippen molar-refractivity contribution in [3.63, 3.8) is 0 Å². The monoisotopic (exact) mass is 970 g/mol. The summed E-state index contributed by atoms with van der Waals surface area (Å²) in [5.41, 5.74) is 1.86. The maximum absolute atomic E-state index is 12.8. The number of nitrogens with zero attached hydrogens (tertiary/aromatic N) is 7. The Bertz CT molecular complexity index is 1980. The quantitative estimate of drug-likeness (QED) is 0.0952. The number of hydrogen-bond donors (Lipinski definition) is 0. The number of rotatable bonds is 22. The molecule has 19 heteroatoms. The first-order valence-corrected chi connectivity index (χ1v) is 26.4. The molecule has 378 valence electrons. The molecule has 0 aliphatic carbocycles. The Labute approximate surface area is 403 Å². The molecule has 7 rings (SSSR count). The van der Waals surface area contributed by atoms with Gasteiger partial charge >= 0.3 is 24.1 Å². The number of piperazine rings is 2. The summed E-state index contributed by atoms with van der Waals surface area (Å²) < 4.78 is 48.1. The molecule has 2 amide bonds. The summed E-state index contributed by atoms with van der Waals surface area (Å²) in [5.74, 6) is -0.683. The van der Waals surface area contributed by atoms with Crippen LogP contribution < -0.4 is 0 Å². The minimum Gasteiger partial charge on any atom is -0.466 e. The number of likely N-dealkylation sites (tertiary alicyclic amines) is 1. The highest BCUT2D eigenvalue weighted by Crippen LogP contribution is 2.37. The van der Waals surface area contributed by atoms with Crippen LogP contribution in [0.3, 0.4) is 0 Å². The van der Waals surface area contributed by atoms with Gasteiger partial charge in [-0.25, -0.2) is 9.59 Å². The molecule has 18 nitrogen and oxygen atoms in total. The summed E-state index contributed by atoms with van der Waals surface area (Å²) in [7, 11) is -3.52. The average Bonchev–Trinajstić information content (AvgIpc) is 3.87. The number of esters is 2. The van der Waals surface area contributed by atoms with Gasteiger partial charge < -0.3 is 38.5 Å². The molecule has 0 radical (unpaired) electrons. The van der Waals surface area contributed by atoms with E-state index in [-0.39, 0.29) is 43.8 Å². The summed E-state index contributed by atoms with van der Waals surface area (Å²) in [4.78, 5) is 65.0. The molecule has 5 heterocycles. The van der Waals surface area contributed by atoms with Crippen molar-refractivity contribution in [1.29, 1.82) is 0 Å². The maximum atomic E-state index is 12.8. The molecule has 5 aliphatic rings. The van der Waals surface area contributed by atoms with E-state index in [1.165, 1.54) is 11.1 Å². The van der Waals surface area contributed by atoms with Crippen LogP contribution in [0.4, 0.5) is 9.59 Å². The zero-order valence-electron chi connectivity index (χ0n) is 40.5. The number of piperidine rings is 1. The average molecular weight is 970 g/mol. The van der Waals surface area contributed by atoms with Crippen LogP contribution in [-0.4, -0.2) is 216 Å². The predicted molar refractivity (Wildman–Crippen MR) is 256 cm³/mol. The van der Waals surface area contributed by atoms with Gasteiger partial charge in [-0.2, -0.15) is 8.42 Å². The second-order valence-corrected chi connectivity index (χ2v) is 20.2. The highest BCUT2D eigenvalue weighted by Gasteiger charge is 2.45. The fourth-order valence-corrected chi connectivity index (χ4v) is 9.97. The van der Waals surface area contributed by atoms with Crippen LogP contribution in [-0.2, 0) is 55.9 Å². The molecule has 0 spiro atoms. The van der Waals surface area contributed by atoms with E-state index in [0.29, 0.717) is 65.3 Å². The molecule has 0 saturated carbocycles. The number of cyclic esters (lactones) is 2. The lowest BCUT2D eigenvalue weighted by Gasteiger charge is -2.39. The molecule has 0 aromatic heterocycles. The Morgan fingerprint density at radius 1 is 0.618 bits per heavy atom. The minimum absolute atomic E-state index is 0.0434. The van der Waals surface area contributed by atoms with Gasteiger partial charge in [0.15, 0.2) is 0 Å². The maximum Gasteiger partial charge on any atom is 0.410 e. The van der Waals surface area contributed by atoms with Crippen LogP contribution in [0.1, 0.15) is 57.1 Å². The van der Waals surface area contributed by atoms with E-state index in [9.17, 15) is 27.6 Å². The molecular weight excluding hydrogens is 895 g/mol. The zero-order valence-corrected chi connectivity index (χ0v) is 41.4. The molecular formula is C49H75N7O11S. The summed E-state index contributed by atoms with van der Waals surface area (Å²) in [6.45, 7) is 20.5. The largest absolute Gasteiger partial charge is 0.466 e. The van der Waals surface area contributed by atoms with Gasteiger partial charge in [-0.15, -0.1) is 0 Å². The van der Waals surface area contributed by atoms with Gasteiger partial charge in [-0.3, -0.25) is 28.5 Å². The standard InChI is InChI=1S/C30H46N4O6.C19H29N3O5S/c1-3-38-27(35)21-30(28(36)39-4-2)11-15-32(16-12-30)23-26-24-34(29(37)40-26)14-8-13-31-17-19-33(20-18-31)22-25-9-6-5-7-10-25;1-28(24,25)26-16-18-15-22(19(23)27-18)9-5-8-20-10-12-21(13-11-20)14-17-6-3-2-4-7-17/h5-7,9-10,26H,3-4,8,11-24H2,1-2H3;2-4,6-7,18H,5,8-16H2,1H3. The first kappa shape index (κ1) is 53.0. The van der Waals surface area contributed by atoms with Crippen molar-refractivity contribution in [2.75, 3.05) is 137 Å². The van der Waals surface area contributed by atoms with E-state index >= 15 is 0 Å². The molecule has 68 heavy (non-hydrogen) atoms. The number of hydrogen-bond acceptors (Lipinski definition) is 16. The second kappa shape index (κ2) is 26.6. The van der Waals surface area contributed by atoms with Gasteiger partial charge in [0.1, 0.15) is 18.8 Å². The zero-order chi connectivity index (χ0) is 48.4. The summed E-state index contributed by atoms with van der Waals surface area (Å²) >= 11 is 0. The molecule has 2 aromatic carbocycles. The van der Waals surface area contributed by atoms with Crippen molar-refractivity contribution in [2.24, 2.45) is 5.41 Å². The highest BCUT2D eigenvalue weighted by atomic mass is 32.2. The molecule has 5 saturated heterocycles. The van der Waals surface area contributed by atoms with Gasteiger partial charge in [0.25, 0.3) is 10.1 Å². The lowest BCUT2D eigenvalue weighted by molar-refractivity contribution is -0.165. The lowest BCUT2D eigenvalue weighted by atomic mass is 9.75. The van der Waals surface area contributed by atoms with Crippen molar-refractivity contribution in [3.8, 4) is 0 Å². The van der Waals surface area contributed by atoms with Crippen molar-refractivity contribution < 1.29 is 50.7 Å². The number of ether oxygens (including phenoxy) is 4. The van der Waals surface area contributed by atoms with Gasteiger partial charge in [0.05, 0.1) is 44.4 Å². The Kier molecular flexibility index (Phi) is 20.7. The third-order valence-corrected chi connectivity index (χ3v) is 13.9. The van der Waals surface area contributed by atoms with Crippen LogP contribution in [0.15, 0.2) is 60.7 Å². The first-order valence-electron chi connectivity index (χ1n) is 24.6. The van der Waals surface area contributed by atoms with Crippen LogP contribution in [0.2, 0.25) is 0 Å². The van der Waals surface area contributed by atoms with Crippen molar-refractivity contribution in [1.82, 2.24) is 34.3 Å². The molecule has 2 aromatic rings. The lowest BCUT2D eigenvalue weighted by Crippen LogP contribution is -2.48. The van der Waals surface area contributed by atoms with Crippen molar-refractivity contribution in [2.45, 2.75) is 71.2 Å². The number of benzene rings is 2.